The molecule has 142 valence electrons. The first-order chi connectivity index (χ1) is 10.6. The Balaban J connectivity index is 2.37. The van der Waals surface area contributed by atoms with E-state index < -0.39 is 51.0 Å². The normalized spacial score (nSPS) is 37.4. The van der Waals surface area contributed by atoms with E-state index in [-0.39, 0.29) is 5.04 Å². The van der Waals surface area contributed by atoms with Crippen LogP contribution in [-0.4, -0.2) is 56.1 Å². The molecule has 2 rings (SSSR count). The molecule has 0 aromatic carbocycles. The van der Waals surface area contributed by atoms with E-state index in [9.17, 15) is 18.3 Å². The number of aliphatic hydroxyl groups is 1. The van der Waals surface area contributed by atoms with Crippen LogP contribution in [0, 0.1) is 0 Å². The molecule has 0 aliphatic carbocycles. The van der Waals surface area contributed by atoms with Gasteiger partial charge >= 0.3 is 6.18 Å². The molecular formula is C15H27F3O5Si. The van der Waals surface area contributed by atoms with E-state index in [4.69, 9.17) is 18.6 Å². The van der Waals surface area contributed by atoms with E-state index in [2.05, 4.69) is 0 Å². The minimum absolute atomic E-state index is 0.288. The topological polar surface area (TPSA) is 57.2 Å². The average Bonchev–Trinajstić information content (AvgIpc) is 2.66. The molecule has 2 saturated heterocycles. The maximum atomic E-state index is 13.5. The Labute approximate surface area is 141 Å². The van der Waals surface area contributed by atoms with E-state index in [1.54, 1.807) is 13.8 Å². The summed E-state index contributed by atoms with van der Waals surface area (Å²) >= 11 is 0. The number of hydrogen-bond donors (Lipinski definition) is 1. The first-order valence-electron chi connectivity index (χ1n) is 7.99. The van der Waals surface area contributed by atoms with Crippen LogP contribution in [-0.2, 0) is 18.6 Å². The maximum Gasteiger partial charge on any atom is 0.417 e. The van der Waals surface area contributed by atoms with Crippen LogP contribution in [0.5, 0.6) is 0 Å². The Kier molecular flexibility index (Phi) is 4.96. The van der Waals surface area contributed by atoms with Crippen LogP contribution in [0.1, 0.15) is 34.6 Å². The summed E-state index contributed by atoms with van der Waals surface area (Å²) in [6, 6.07) is 0. The van der Waals surface area contributed by atoms with Gasteiger partial charge in [-0.2, -0.15) is 13.2 Å². The molecule has 2 aliphatic heterocycles. The highest BCUT2D eigenvalue weighted by Gasteiger charge is 2.63. The summed E-state index contributed by atoms with van der Waals surface area (Å²) in [6.45, 7) is 12.7. The minimum Gasteiger partial charge on any atom is -0.408 e. The Bertz CT molecular complexity index is 475. The summed E-state index contributed by atoms with van der Waals surface area (Å²) in [5.74, 6) is -1.12. The molecule has 0 spiro atoms. The summed E-state index contributed by atoms with van der Waals surface area (Å²) < 4.78 is 62.5. The van der Waals surface area contributed by atoms with Gasteiger partial charge in [-0.15, -0.1) is 0 Å². The van der Waals surface area contributed by atoms with E-state index in [1.165, 1.54) is 0 Å². The lowest BCUT2D eigenvalue weighted by Crippen LogP contribution is -2.64. The van der Waals surface area contributed by atoms with Gasteiger partial charge in [-0.05, 0) is 32.0 Å². The third-order valence-corrected chi connectivity index (χ3v) is 9.39. The van der Waals surface area contributed by atoms with E-state index in [0.717, 1.165) is 0 Å². The summed E-state index contributed by atoms with van der Waals surface area (Å²) in [5.41, 5.74) is 0. The van der Waals surface area contributed by atoms with Gasteiger partial charge in [0, 0.05) is 0 Å². The molecule has 9 heteroatoms. The fourth-order valence-electron chi connectivity index (χ4n) is 2.68. The van der Waals surface area contributed by atoms with Crippen LogP contribution in [0.15, 0.2) is 0 Å². The number of halogens is 3. The van der Waals surface area contributed by atoms with Crippen molar-refractivity contribution in [2.75, 3.05) is 0 Å². The van der Waals surface area contributed by atoms with Crippen molar-refractivity contribution in [2.45, 2.75) is 95.4 Å². The number of aliphatic hydroxyl groups excluding tert-OH is 1. The Morgan fingerprint density at radius 3 is 2.00 bits per heavy atom. The molecule has 0 saturated carbocycles. The summed E-state index contributed by atoms with van der Waals surface area (Å²) in [4.78, 5) is 0. The SMILES string of the molecule is CC1(C)O[C@@H]2[C@H](O[Si](C)(C)C(C)(C)C)[C@@H](C(F)(F)F)OC(O)[C@@H]2O1. The number of rotatable bonds is 2. The molecule has 1 N–H and O–H groups in total. The highest BCUT2D eigenvalue weighted by Crippen LogP contribution is 2.45. The van der Waals surface area contributed by atoms with Gasteiger partial charge in [-0.1, -0.05) is 20.8 Å². The summed E-state index contributed by atoms with van der Waals surface area (Å²) in [5, 5.41) is 9.66. The molecule has 1 unspecified atom stereocenters. The Morgan fingerprint density at radius 1 is 1.04 bits per heavy atom. The predicted octanol–water partition coefficient (Wildman–Crippen LogP) is 3.18. The van der Waals surface area contributed by atoms with Crippen molar-refractivity contribution >= 4 is 8.32 Å². The van der Waals surface area contributed by atoms with E-state index >= 15 is 0 Å². The van der Waals surface area contributed by atoms with Gasteiger partial charge in [0.1, 0.15) is 18.3 Å². The van der Waals surface area contributed by atoms with Crippen molar-refractivity contribution in [1.29, 1.82) is 0 Å². The fourth-order valence-corrected chi connectivity index (χ4v) is 3.97. The largest absolute Gasteiger partial charge is 0.417 e. The first-order valence-corrected chi connectivity index (χ1v) is 10.9. The van der Waals surface area contributed by atoms with Gasteiger partial charge in [0.05, 0.1) is 0 Å². The van der Waals surface area contributed by atoms with E-state index in [1.807, 2.05) is 33.9 Å². The number of fused-ring (bicyclic) bond motifs is 1. The van der Waals surface area contributed by atoms with Crippen molar-refractivity contribution in [3.63, 3.8) is 0 Å². The van der Waals surface area contributed by atoms with Crippen LogP contribution < -0.4 is 0 Å². The van der Waals surface area contributed by atoms with Crippen LogP contribution in [0.2, 0.25) is 18.1 Å². The van der Waals surface area contributed by atoms with Crippen LogP contribution in [0.3, 0.4) is 0 Å². The molecule has 5 atom stereocenters. The molecule has 2 heterocycles. The molecular weight excluding hydrogens is 345 g/mol. The quantitative estimate of drug-likeness (QED) is 0.755. The standard InChI is InChI=1S/C15H27F3O5Si/c1-13(2,3)24(6,7)23-9-8-10(22-14(4,5)21-8)12(19)20-11(9)15(16,17)18/h8-12,19H,1-7H3/t8-,9+,10-,11+,12?/m1/s1. The lowest BCUT2D eigenvalue weighted by atomic mass is 9.99. The molecule has 0 bridgehead atoms. The lowest BCUT2D eigenvalue weighted by molar-refractivity contribution is -0.328. The third-order valence-electron chi connectivity index (χ3n) is 4.91. The molecule has 24 heavy (non-hydrogen) atoms. The van der Waals surface area contributed by atoms with Crippen LogP contribution in [0.25, 0.3) is 0 Å². The van der Waals surface area contributed by atoms with Crippen molar-refractivity contribution in [3.8, 4) is 0 Å². The zero-order valence-corrected chi connectivity index (χ0v) is 16.1. The number of alkyl halides is 3. The van der Waals surface area contributed by atoms with Crippen molar-refractivity contribution in [3.05, 3.63) is 0 Å². The number of ether oxygens (including phenoxy) is 3. The first kappa shape index (κ1) is 20.1. The van der Waals surface area contributed by atoms with Gasteiger partial charge < -0.3 is 23.7 Å². The highest BCUT2D eigenvalue weighted by molar-refractivity contribution is 6.74. The van der Waals surface area contributed by atoms with E-state index in [0.29, 0.717) is 0 Å². The summed E-state index contributed by atoms with van der Waals surface area (Å²) in [6.07, 6.45) is -12.1. The molecule has 0 aromatic heterocycles. The van der Waals surface area contributed by atoms with Gasteiger partial charge in [0.2, 0.25) is 0 Å². The zero-order chi connectivity index (χ0) is 18.7. The Morgan fingerprint density at radius 2 is 1.54 bits per heavy atom. The molecule has 0 radical (unpaired) electrons. The maximum absolute atomic E-state index is 13.5. The van der Waals surface area contributed by atoms with Crippen LogP contribution in [0.4, 0.5) is 13.2 Å². The predicted molar refractivity (Wildman–Crippen MR) is 82.8 cm³/mol. The zero-order valence-electron chi connectivity index (χ0n) is 15.1. The van der Waals surface area contributed by atoms with Crippen molar-refractivity contribution in [1.82, 2.24) is 0 Å². The molecule has 5 nitrogen and oxygen atoms in total. The van der Waals surface area contributed by atoms with Crippen molar-refractivity contribution < 1.29 is 36.9 Å². The molecule has 2 aliphatic rings. The second kappa shape index (κ2) is 5.92. The van der Waals surface area contributed by atoms with Gasteiger partial charge in [-0.3, -0.25) is 0 Å². The molecule has 0 amide bonds. The second-order valence-corrected chi connectivity index (χ2v) is 13.2. The molecule has 2 fully saturated rings. The fraction of sp³-hybridized carbons (Fsp3) is 1.00. The molecule has 0 aromatic rings. The van der Waals surface area contributed by atoms with Gasteiger partial charge in [0.15, 0.2) is 26.5 Å². The highest BCUT2D eigenvalue weighted by atomic mass is 28.4. The second-order valence-electron chi connectivity index (χ2n) is 8.40. The average molecular weight is 372 g/mol. The van der Waals surface area contributed by atoms with Gasteiger partial charge in [0.25, 0.3) is 0 Å². The van der Waals surface area contributed by atoms with Crippen LogP contribution >= 0.6 is 0 Å². The lowest BCUT2D eigenvalue weighted by Gasteiger charge is -2.46. The third kappa shape index (κ3) is 3.81. The smallest absolute Gasteiger partial charge is 0.408 e. The monoisotopic (exact) mass is 372 g/mol. The van der Waals surface area contributed by atoms with Gasteiger partial charge in [-0.25, -0.2) is 0 Å². The Hall–Kier alpha value is -0.193. The summed E-state index contributed by atoms with van der Waals surface area (Å²) in [7, 11) is -2.54. The minimum atomic E-state index is -4.69. The van der Waals surface area contributed by atoms with Crippen molar-refractivity contribution in [2.24, 2.45) is 0 Å². The number of hydrogen-bond acceptors (Lipinski definition) is 5.